The summed E-state index contributed by atoms with van der Waals surface area (Å²) in [6.45, 7) is 6.90. The predicted molar refractivity (Wildman–Crippen MR) is 223 cm³/mol. The van der Waals surface area contributed by atoms with E-state index in [1.165, 1.54) is 127 Å². The minimum Gasteiger partial charge on any atom is -0.454 e. The van der Waals surface area contributed by atoms with E-state index in [-0.39, 0.29) is 6.85 Å². The first kappa shape index (κ1) is 31.5. The minimum atomic E-state index is 0.00854. The number of unbranched alkanes of at least 4 members (excludes halogenated alkanes) is 3. The number of aromatic nitrogens is 1. The van der Waals surface area contributed by atoms with Crippen molar-refractivity contribution in [3.05, 3.63) is 126 Å². The normalized spacial score (nSPS) is 13.1. The second kappa shape index (κ2) is 12.5. The maximum absolute atomic E-state index is 7.05. The van der Waals surface area contributed by atoms with E-state index in [1.807, 2.05) is 0 Å². The van der Waals surface area contributed by atoms with Gasteiger partial charge in [0, 0.05) is 49.5 Å². The van der Waals surface area contributed by atoms with E-state index < -0.39 is 0 Å². The third-order valence-corrected chi connectivity index (χ3v) is 11.8. The molecule has 4 heterocycles. The van der Waals surface area contributed by atoms with Crippen LogP contribution in [0, 0.1) is 0 Å². The first-order chi connectivity index (χ1) is 25.7. The Morgan fingerprint density at radius 3 is 2.04 bits per heavy atom. The van der Waals surface area contributed by atoms with Crippen LogP contribution in [0.15, 0.2) is 114 Å². The molecule has 0 unspecified atom stereocenters. The predicted octanol–water partition coefficient (Wildman–Crippen LogP) is 12.1. The van der Waals surface area contributed by atoms with Gasteiger partial charge in [-0.1, -0.05) is 113 Å². The summed E-state index contributed by atoms with van der Waals surface area (Å²) in [6, 6.07) is 41.8. The number of furan rings is 1. The number of benzene rings is 6. The molecule has 0 spiro atoms. The molecule has 2 aliphatic rings. The number of nitrogens with zero attached hydrogens (tertiary/aromatic N) is 2. The summed E-state index contributed by atoms with van der Waals surface area (Å²) in [7, 11) is 0. The smallest absolute Gasteiger partial charge is 0.333 e. The lowest BCUT2D eigenvalue weighted by molar-refractivity contribution is 0.669. The van der Waals surface area contributed by atoms with Crippen LogP contribution in [-0.2, 0) is 19.3 Å². The SMILES string of the molecule is CCCCc1cc(CCCC)cc(N2c3cc(CCCC)ccc3B3c4c(cc5c(oc6ccccc65)c42)-c2cccc4c5ccccc5n3c24)c1. The number of hydrogen-bond acceptors (Lipinski definition) is 2. The van der Waals surface area contributed by atoms with Crippen molar-refractivity contribution in [2.45, 2.75) is 78.6 Å². The molecule has 2 aliphatic heterocycles. The van der Waals surface area contributed by atoms with Gasteiger partial charge in [0.2, 0.25) is 0 Å². The summed E-state index contributed by atoms with van der Waals surface area (Å²) in [5, 5.41) is 5.00. The molecule has 4 heteroatoms. The summed E-state index contributed by atoms with van der Waals surface area (Å²) in [5.41, 5.74) is 17.9. The molecule has 52 heavy (non-hydrogen) atoms. The molecule has 0 bridgehead atoms. The third-order valence-electron chi connectivity index (χ3n) is 11.8. The Morgan fingerprint density at radius 2 is 1.27 bits per heavy atom. The molecule has 256 valence electrons. The van der Waals surface area contributed by atoms with E-state index >= 15 is 0 Å². The average molecular weight is 677 g/mol. The van der Waals surface area contributed by atoms with Crippen LogP contribution < -0.4 is 15.8 Å². The Labute approximate surface area is 307 Å². The van der Waals surface area contributed by atoms with Crippen molar-refractivity contribution in [1.82, 2.24) is 4.48 Å². The van der Waals surface area contributed by atoms with Crippen LogP contribution >= 0.6 is 0 Å². The van der Waals surface area contributed by atoms with Gasteiger partial charge >= 0.3 is 6.85 Å². The van der Waals surface area contributed by atoms with Crippen LogP contribution in [0.1, 0.15) is 76.0 Å². The van der Waals surface area contributed by atoms with Crippen molar-refractivity contribution < 1.29 is 4.42 Å². The molecule has 10 rings (SSSR count). The van der Waals surface area contributed by atoms with Crippen molar-refractivity contribution in [3.8, 4) is 11.1 Å². The number of anilines is 3. The fraction of sp³-hybridized carbons (Fsp3) is 0.250. The molecule has 8 aromatic rings. The molecule has 2 aromatic heterocycles. The van der Waals surface area contributed by atoms with E-state index in [0.29, 0.717) is 0 Å². The van der Waals surface area contributed by atoms with Crippen LogP contribution in [0.3, 0.4) is 0 Å². The standard InChI is InChI=1S/C48H45BN2O/c1-4-7-15-31-24-25-41-43(29-31)50(34-27-32(16-8-5-2)26-33(28-34)17-9-6-3)47-45-39(30-40-36-19-11-13-23-44(36)52-48(40)47)38-21-14-20-37-35-18-10-12-22-42(35)51(46(37)38)49(41)45/h10-14,18-30H,4-9,15-17H2,1-3H3. The van der Waals surface area contributed by atoms with Crippen molar-refractivity contribution in [2.24, 2.45) is 0 Å². The van der Waals surface area contributed by atoms with Gasteiger partial charge < -0.3 is 13.8 Å². The molecule has 0 saturated heterocycles. The molecule has 0 fully saturated rings. The van der Waals surface area contributed by atoms with Crippen LogP contribution in [0.4, 0.5) is 17.1 Å². The van der Waals surface area contributed by atoms with Gasteiger partial charge in [-0.25, -0.2) is 0 Å². The number of aryl methyl sites for hydroxylation is 3. The van der Waals surface area contributed by atoms with Gasteiger partial charge in [0.15, 0.2) is 5.58 Å². The molecule has 0 saturated carbocycles. The lowest BCUT2D eigenvalue weighted by atomic mass is 9.45. The number of rotatable bonds is 10. The van der Waals surface area contributed by atoms with Crippen LogP contribution in [0.2, 0.25) is 0 Å². The topological polar surface area (TPSA) is 21.3 Å². The molecule has 0 amide bonds. The highest BCUT2D eigenvalue weighted by Crippen LogP contribution is 2.49. The second-order valence-corrected chi connectivity index (χ2v) is 15.2. The zero-order chi connectivity index (χ0) is 34.9. The average Bonchev–Trinajstić information content (AvgIpc) is 3.73. The Balaban J connectivity index is 1.37. The first-order valence-electron chi connectivity index (χ1n) is 19.7. The minimum absolute atomic E-state index is 0.00854. The summed E-state index contributed by atoms with van der Waals surface area (Å²) < 4.78 is 9.71. The van der Waals surface area contributed by atoms with Crippen molar-refractivity contribution in [3.63, 3.8) is 0 Å². The largest absolute Gasteiger partial charge is 0.454 e. The van der Waals surface area contributed by atoms with Gasteiger partial charge in [0.25, 0.3) is 0 Å². The molecule has 6 aromatic carbocycles. The van der Waals surface area contributed by atoms with Gasteiger partial charge in [0.1, 0.15) is 5.58 Å². The summed E-state index contributed by atoms with van der Waals surface area (Å²) >= 11 is 0. The highest BCUT2D eigenvalue weighted by atomic mass is 16.3. The van der Waals surface area contributed by atoms with Gasteiger partial charge in [-0.2, -0.15) is 0 Å². The summed E-state index contributed by atoms with van der Waals surface area (Å²) in [6.07, 6.45) is 10.4. The Kier molecular flexibility index (Phi) is 7.56. The lowest BCUT2D eigenvalue weighted by Gasteiger charge is -2.40. The maximum Gasteiger partial charge on any atom is 0.333 e. The van der Waals surface area contributed by atoms with Crippen LogP contribution in [0.5, 0.6) is 0 Å². The molecule has 0 radical (unpaired) electrons. The Morgan fingerprint density at radius 1 is 0.577 bits per heavy atom. The summed E-state index contributed by atoms with van der Waals surface area (Å²) in [4.78, 5) is 2.62. The van der Waals surface area contributed by atoms with Crippen molar-refractivity contribution in [1.29, 1.82) is 0 Å². The van der Waals surface area contributed by atoms with Crippen LogP contribution in [-0.4, -0.2) is 11.3 Å². The molecule has 0 atom stereocenters. The van der Waals surface area contributed by atoms with Gasteiger partial charge in [0.05, 0.1) is 5.69 Å². The van der Waals surface area contributed by atoms with E-state index in [2.05, 4.69) is 139 Å². The second-order valence-electron chi connectivity index (χ2n) is 15.2. The van der Waals surface area contributed by atoms with Crippen molar-refractivity contribution >= 4 is 78.6 Å². The van der Waals surface area contributed by atoms with Gasteiger partial charge in [-0.05, 0) is 108 Å². The molecule has 0 N–H and O–H groups in total. The first-order valence-corrected chi connectivity index (χ1v) is 19.7. The Bertz CT molecular complexity index is 2650. The Hall–Kier alpha value is -5.22. The summed E-state index contributed by atoms with van der Waals surface area (Å²) in [5.74, 6) is 0. The molecular weight excluding hydrogens is 631 g/mol. The molecule has 3 nitrogen and oxygen atoms in total. The maximum atomic E-state index is 7.05. The van der Waals surface area contributed by atoms with Crippen LogP contribution in [0.25, 0.3) is 54.9 Å². The van der Waals surface area contributed by atoms with E-state index in [1.54, 1.807) is 0 Å². The number of para-hydroxylation sites is 3. The highest BCUT2D eigenvalue weighted by Gasteiger charge is 2.44. The quantitative estimate of drug-likeness (QED) is 0.134. The monoisotopic (exact) mass is 676 g/mol. The zero-order valence-electron chi connectivity index (χ0n) is 30.6. The van der Waals surface area contributed by atoms with E-state index in [4.69, 9.17) is 4.42 Å². The highest BCUT2D eigenvalue weighted by molar-refractivity contribution is 6.90. The van der Waals surface area contributed by atoms with E-state index in [0.717, 1.165) is 30.4 Å². The fourth-order valence-corrected chi connectivity index (χ4v) is 9.40. The lowest BCUT2D eigenvalue weighted by Crippen LogP contribution is -2.56. The number of fused-ring (bicyclic) bond motifs is 11. The zero-order valence-corrected chi connectivity index (χ0v) is 30.6. The van der Waals surface area contributed by atoms with Gasteiger partial charge in [-0.15, -0.1) is 0 Å². The third kappa shape index (κ3) is 4.66. The number of hydrogen-bond donors (Lipinski definition) is 0. The molecule has 0 aliphatic carbocycles. The molecular formula is C48H45BN2O. The van der Waals surface area contributed by atoms with E-state index in [9.17, 15) is 0 Å². The fourth-order valence-electron chi connectivity index (χ4n) is 9.40. The van der Waals surface area contributed by atoms with Crippen molar-refractivity contribution in [2.75, 3.05) is 4.90 Å². The van der Waals surface area contributed by atoms with Gasteiger partial charge in [-0.3, -0.25) is 0 Å².